The summed E-state index contributed by atoms with van der Waals surface area (Å²) in [5.41, 5.74) is 1.44. The van der Waals surface area contributed by atoms with Crippen LogP contribution in [0.1, 0.15) is 49.7 Å². The average Bonchev–Trinajstić information content (AvgIpc) is 3.10. The molecule has 1 N–H and O–H groups in total. The summed E-state index contributed by atoms with van der Waals surface area (Å²) >= 11 is 0. The fourth-order valence-corrected chi connectivity index (χ4v) is 4.09. The van der Waals surface area contributed by atoms with Gasteiger partial charge in [0.05, 0.1) is 6.54 Å². The molecule has 3 heteroatoms. The van der Waals surface area contributed by atoms with Gasteiger partial charge in [-0.3, -0.25) is 4.90 Å². The maximum atomic E-state index is 10.1. The van der Waals surface area contributed by atoms with Crippen LogP contribution in [0.4, 0.5) is 0 Å². The van der Waals surface area contributed by atoms with E-state index in [1.54, 1.807) is 0 Å². The van der Waals surface area contributed by atoms with E-state index in [2.05, 4.69) is 54.3 Å². The van der Waals surface area contributed by atoms with Gasteiger partial charge in [-0.2, -0.15) is 0 Å². The van der Waals surface area contributed by atoms with Crippen molar-refractivity contribution in [1.82, 2.24) is 4.90 Å². The molecule has 1 unspecified atom stereocenters. The number of likely N-dealkylation sites (tertiary alicyclic amines) is 1. The van der Waals surface area contributed by atoms with Crippen molar-refractivity contribution in [1.29, 1.82) is 0 Å². The van der Waals surface area contributed by atoms with Crippen LogP contribution in [0.25, 0.3) is 0 Å². The van der Waals surface area contributed by atoms with Crippen molar-refractivity contribution < 1.29 is 9.52 Å². The zero-order chi connectivity index (χ0) is 17.5. The molecule has 136 valence electrons. The zero-order valence-electron chi connectivity index (χ0n) is 15.4. The van der Waals surface area contributed by atoms with Crippen LogP contribution in [0.3, 0.4) is 0 Å². The van der Waals surface area contributed by atoms with Gasteiger partial charge in [0.2, 0.25) is 0 Å². The van der Waals surface area contributed by atoms with Gasteiger partial charge in [-0.15, -0.1) is 0 Å². The summed E-state index contributed by atoms with van der Waals surface area (Å²) in [6.07, 6.45) is 6.56. The Labute approximate surface area is 151 Å². The molecular weight excluding hydrogens is 310 g/mol. The van der Waals surface area contributed by atoms with Crippen LogP contribution in [0.5, 0.6) is 0 Å². The standard InChI is InChI=1S/C22H31NO2/c1-2-20-11-12-21(25-20)16-23-15-7-14-22(17-23,18-24)13-6-10-19-8-4-3-5-9-19/h3-5,8-9,11-12,24H,2,6-7,10,13-18H2,1H3. The first kappa shape index (κ1) is 18.2. The Morgan fingerprint density at radius 1 is 1.12 bits per heavy atom. The number of nitrogens with zero attached hydrogens (tertiary/aromatic N) is 1. The Morgan fingerprint density at radius 3 is 2.64 bits per heavy atom. The summed E-state index contributed by atoms with van der Waals surface area (Å²) in [6.45, 7) is 5.34. The van der Waals surface area contributed by atoms with Crippen molar-refractivity contribution in [3.8, 4) is 0 Å². The van der Waals surface area contributed by atoms with E-state index in [4.69, 9.17) is 4.42 Å². The van der Waals surface area contributed by atoms with E-state index in [-0.39, 0.29) is 12.0 Å². The van der Waals surface area contributed by atoms with Crippen molar-refractivity contribution in [3.05, 3.63) is 59.5 Å². The normalized spacial score (nSPS) is 21.5. The lowest BCUT2D eigenvalue weighted by molar-refractivity contribution is 0.0182. The Kier molecular flexibility index (Phi) is 6.33. The van der Waals surface area contributed by atoms with Crippen molar-refractivity contribution >= 4 is 0 Å². The van der Waals surface area contributed by atoms with Gasteiger partial charge >= 0.3 is 0 Å². The number of benzene rings is 1. The molecule has 1 fully saturated rings. The molecule has 3 rings (SSSR count). The molecule has 0 bridgehead atoms. The second kappa shape index (κ2) is 8.68. The SMILES string of the molecule is CCc1ccc(CN2CCCC(CO)(CCCc3ccccc3)C2)o1. The zero-order valence-corrected chi connectivity index (χ0v) is 15.4. The third kappa shape index (κ3) is 4.96. The molecular formula is C22H31NO2. The van der Waals surface area contributed by atoms with Gasteiger partial charge in [0.25, 0.3) is 0 Å². The van der Waals surface area contributed by atoms with Gasteiger partial charge in [-0.25, -0.2) is 0 Å². The lowest BCUT2D eigenvalue weighted by Gasteiger charge is -2.41. The molecule has 1 aromatic heterocycles. The third-order valence-corrected chi connectivity index (χ3v) is 5.54. The van der Waals surface area contributed by atoms with Crippen LogP contribution in [0.2, 0.25) is 0 Å². The number of hydrogen-bond acceptors (Lipinski definition) is 3. The van der Waals surface area contributed by atoms with Crippen LogP contribution >= 0.6 is 0 Å². The van der Waals surface area contributed by atoms with Crippen molar-refractivity contribution in [2.24, 2.45) is 5.41 Å². The molecule has 0 spiro atoms. The maximum absolute atomic E-state index is 10.1. The molecule has 3 nitrogen and oxygen atoms in total. The highest BCUT2D eigenvalue weighted by atomic mass is 16.3. The molecule has 0 saturated carbocycles. The number of rotatable bonds is 8. The van der Waals surface area contributed by atoms with Gasteiger partial charge in [0.1, 0.15) is 11.5 Å². The summed E-state index contributed by atoms with van der Waals surface area (Å²) in [4.78, 5) is 2.46. The van der Waals surface area contributed by atoms with E-state index >= 15 is 0 Å². The summed E-state index contributed by atoms with van der Waals surface area (Å²) in [7, 11) is 0. The minimum atomic E-state index is 0.0488. The van der Waals surface area contributed by atoms with Gasteiger partial charge in [0.15, 0.2) is 0 Å². The van der Waals surface area contributed by atoms with E-state index in [0.717, 1.165) is 69.7 Å². The van der Waals surface area contributed by atoms with Crippen molar-refractivity contribution in [2.75, 3.05) is 19.7 Å². The lowest BCUT2D eigenvalue weighted by Crippen LogP contribution is -2.45. The molecule has 1 aliphatic rings. The monoisotopic (exact) mass is 341 g/mol. The molecule has 1 saturated heterocycles. The van der Waals surface area contributed by atoms with Crippen LogP contribution < -0.4 is 0 Å². The van der Waals surface area contributed by atoms with E-state index in [9.17, 15) is 5.11 Å². The number of aryl methyl sites for hydroxylation is 2. The summed E-state index contributed by atoms with van der Waals surface area (Å²) in [5, 5.41) is 10.1. The summed E-state index contributed by atoms with van der Waals surface area (Å²) in [5.74, 6) is 2.11. The Hall–Kier alpha value is -1.58. The Bertz CT molecular complexity index is 636. The Balaban J connectivity index is 1.54. The molecule has 2 aromatic rings. The number of piperidine rings is 1. The van der Waals surface area contributed by atoms with E-state index in [1.807, 2.05) is 0 Å². The topological polar surface area (TPSA) is 36.6 Å². The molecule has 2 heterocycles. The van der Waals surface area contributed by atoms with Crippen LogP contribution in [-0.4, -0.2) is 29.7 Å². The highest BCUT2D eigenvalue weighted by Gasteiger charge is 2.34. The third-order valence-electron chi connectivity index (χ3n) is 5.54. The van der Waals surface area contributed by atoms with Crippen molar-refractivity contribution in [3.63, 3.8) is 0 Å². The number of hydrogen-bond donors (Lipinski definition) is 1. The molecule has 25 heavy (non-hydrogen) atoms. The average molecular weight is 341 g/mol. The predicted octanol–water partition coefficient (Wildman–Crippen LogP) is 4.44. The van der Waals surface area contributed by atoms with Crippen LogP contribution in [0, 0.1) is 5.41 Å². The van der Waals surface area contributed by atoms with Crippen molar-refractivity contribution in [2.45, 2.75) is 52.0 Å². The van der Waals surface area contributed by atoms with E-state index < -0.39 is 0 Å². The van der Waals surface area contributed by atoms with Gasteiger partial charge in [0, 0.05) is 25.0 Å². The van der Waals surface area contributed by atoms with E-state index in [1.165, 1.54) is 5.56 Å². The van der Waals surface area contributed by atoms with Gasteiger partial charge in [-0.1, -0.05) is 37.3 Å². The molecule has 0 radical (unpaired) electrons. The van der Waals surface area contributed by atoms with Crippen LogP contribution in [-0.2, 0) is 19.4 Å². The van der Waals surface area contributed by atoms with Gasteiger partial charge in [-0.05, 0) is 56.3 Å². The fraction of sp³-hybridized carbons (Fsp3) is 0.545. The lowest BCUT2D eigenvalue weighted by atomic mass is 9.76. The maximum Gasteiger partial charge on any atom is 0.118 e. The minimum absolute atomic E-state index is 0.0488. The number of aliphatic hydroxyl groups is 1. The molecule has 1 aromatic carbocycles. The minimum Gasteiger partial charge on any atom is -0.465 e. The Morgan fingerprint density at radius 2 is 1.92 bits per heavy atom. The largest absolute Gasteiger partial charge is 0.465 e. The predicted molar refractivity (Wildman–Crippen MR) is 101 cm³/mol. The number of aliphatic hydroxyl groups excluding tert-OH is 1. The summed E-state index contributed by atoms with van der Waals surface area (Å²) in [6, 6.07) is 14.8. The van der Waals surface area contributed by atoms with Gasteiger partial charge < -0.3 is 9.52 Å². The molecule has 1 atom stereocenters. The smallest absolute Gasteiger partial charge is 0.118 e. The molecule has 1 aliphatic heterocycles. The van der Waals surface area contributed by atoms with E-state index in [0.29, 0.717) is 0 Å². The fourth-order valence-electron chi connectivity index (χ4n) is 4.09. The molecule has 0 aliphatic carbocycles. The molecule has 0 amide bonds. The summed E-state index contributed by atoms with van der Waals surface area (Å²) < 4.78 is 5.87. The first-order valence-electron chi connectivity index (χ1n) is 9.68. The quantitative estimate of drug-likeness (QED) is 0.771. The highest BCUT2D eigenvalue weighted by Crippen LogP contribution is 2.35. The second-order valence-corrected chi connectivity index (χ2v) is 7.53. The van der Waals surface area contributed by atoms with Crippen LogP contribution in [0.15, 0.2) is 46.9 Å². The first-order valence-corrected chi connectivity index (χ1v) is 9.68. The first-order chi connectivity index (χ1) is 12.2. The highest BCUT2D eigenvalue weighted by molar-refractivity contribution is 5.14. The number of furan rings is 1. The second-order valence-electron chi connectivity index (χ2n) is 7.53.